The van der Waals surface area contributed by atoms with Crippen LogP contribution in [0.25, 0.3) is 11.1 Å². The zero-order valence-electron chi connectivity index (χ0n) is 12.1. The highest BCUT2D eigenvalue weighted by Gasteiger charge is 2.20. The highest BCUT2D eigenvalue weighted by atomic mass is 32.2. The van der Waals surface area contributed by atoms with Crippen LogP contribution in [0.2, 0.25) is 0 Å². The van der Waals surface area contributed by atoms with E-state index in [-0.39, 0.29) is 11.3 Å². The van der Waals surface area contributed by atoms with E-state index < -0.39 is 16.9 Å². The molecule has 0 saturated carbocycles. The molecule has 1 heterocycles. The van der Waals surface area contributed by atoms with Gasteiger partial charge in [0.15, 0.2) is 0 Å². The van der Waals surface area contributed by atoms with Crippen LogP contribution < -0.4 is 0 Å². The largest absolute Gasteiger partial charge is 0.772 e. The van der Waals surface area contributed by atoms with E-state index in [1.807, 2.05) is 18.4 Å². The van der Waals surface area contributed by atoms with Crippen LogP contribution in [0.1, 0.15) is 41.1 Å². The summed E-state index contributed by atoms with van der Waals surface area (Å²) in [5, 5.41) is 3.06. The Bertz CT molecular complexity index is 767. The molecule has 0 radical (unpaired) electrons. The van der Waals surface area contributed by atoms with E-state index in [0.717, 1.165) is 41.1 Å². The van der Waals surface area contributed by atoms with Crippen LogP contribution in [0.3, 0.4) is 0 Å². The Morgan fingerprint density at radius 3 is 2.77 bits per heavy atom. The van der Waals surface area contributed by atoms with Gasteiger partial charge in [-0.15, -0.1) is 11.3 Å². The Balaban J connectivity index is 1.99. The van der Waals surface area contributed by atoms with Crippen LogP contribution in [0.15, 0.2) is 23.6 Å². The monoisotopic (exact) mass is 336 g/mol. The van der Waals surface area contributed by atoms with Crippen LogP contribution in [-0.4, -0.2) is 13.7 Å². The van der Waals surface area contributed by atoms with Crippen molar-refractivity contribution in [2.24, 2.45) is 0 Å². The maximum atomic E-state index is 14.1. The SMILES string of the molecule is Cc1nc(C2=C(c3ccc(CS(=O)[O-])c(F)c3)CCC2)cs1. The molecule has 22 heavy (non-hydrogen) atoms. The molecule has 0 N–H and O–H groups in total. The number of benzene rings is 1. The summed E-state index contributed by atoms with van der Waals surface area (Å²) >= 11 is -0.667. The molecule has 116 valence electrons. The summed E-state index contributed by atoms with van der Waals surface area (Å²) in [4.78, 5) is 4.53. The van der Waals surface area contributed by atoms with Gasteiger partial charge in [-0.2, -0.15) is 0 Å². The molecule has 1 unspecified atom stereocenters. The lowest BCUT2D eigenvalue weighted by atomic mass is 9.99. The smallest absolute Gasteiger partial charge is 0.127 e. The maximum absolute atomic E-state index is 14.1. The van der Waals surface area contributed by atoms with Crippen molar-refractivity contribution in [2.75, 3.05) is 0 Å². The molecular weight excluding hydrogens is 321 g/mol. The lowest BCUT2D eigenvalue weighted by Crippen LogP contribution is -1.98. The Labute approximate surface area is 135 Å². The molecule has 6 heteroatoms. The number of rotatable bonds is 4. The normalized spacial score (nSPS) is 16.3. The number of hydrogen-bond acceptors (Lipinski definition) is 4. The maximum Gasteiger partial charge on any atom is 0.127 e. The summed E-state index contributed by atoms with van der Waals surface area (Å²) < 4.78 is 35.5. The Morgan fingerprint density at radius 2 is 2.14 bits per heavy atom. The Kier molecular flexibility index (Phi) is 4.52. The predicted octanol–water partition coefficient (Wildman–Crippen LogP) is 4.06. The average molecular weight is 336 g/mol. The number of aryl methyl sites for hydroxylation is 1. The van der Waals surface area contributed by atoms with Gasteiger partial charge in [0.1, 0.15) is 5.82 Å². The van der Waals surface area contributed by atoms with Crippen molar-refractivity contribution in [3.8, 4) is 0 Å². The molecule has 0 spiro atoms. The molecule has 2 aromatic rings. The molecule has 1 aliphatic carbocycles. The van der Waals surface area contributed by atoms with Gasteiger partial charge in [-0.1, -0.05) is 23.2 Å². The number of halogens is 1. The fraction of sp³-hybridized carbons (Fsp3) is 0.312. The van der Waals surface area contributed by atoms with E-state index >= 15 is 0 Å². The summed E-state index contributed by atoms with van der Waals surface area (Å²) in [6.45, 7) is 1.97. The summed E-state index contributed by atoms with van der Waals surface area (Å²) in [7, 11) is 0. The van der Waals surface area contributed by atoms with Gasteiger partial charge in [-0.25, -0.2) is 9.37 Å². The van der Waals surface area contributed by atoms with E-state index in [9.17, 15) is 13.2 Å². The number of thiazole rings is 1. The summed E-state index contributed by atoms with van der Waals surface area (Å²) in [6.07, 6.45) is 2.89. The first kappa shape index (κ1) is 15.5. The number of allylic oxidation sites excluding steroid dienone is 2. The van der Waals surface area contributed by atoms with Gasteiger partial charge in [0.25, 0.3) is 0 Å². The Morgan fingerprint density at radius 1 is 1.36 bits per heavy atom. The van der Waals surface area contributed by atoms with Gasteiger partial charge in [0, 0.05) is 11.1 Å². The van der Waals surface area contributed by atoms with Crippen molar-refractivity contribution >= 4 is 33.6 Å². The molecule has 1 aromatic heterocycles. The minimum atomic E-state index is -2.28. The highest BCUT2D eigenvalue weighted by molar-refractivity contribution is 7.78. The second-order valence-electron chi connectivity index (χ2n) is 5.32. The third kappa shape index (κ3) is 3.19. The van der Waals surface area contributed by atoms with Crippen LogP contribution in [0, 0.1) is 12.7 Å². The molecule has 0 saturated heterocycles. The standard InChI is InChI=1S/C16H16FNO2S2/c1-10-18-16(8-21-10)14-4-2-3-13(14)11-5-6-12(9-22(19)20)15(17)7-11/h5-8H,2-4,9H2,1H3,(H,19,20)/p-1. The molecular formula is C16H15FNO2S2-. The van der Waals surface area contributed by atoms with Crippen molar-refractivity contribution in [2.45, 2.75) is 31.9 Å². The molecule has 0 aliphatic heterocycles. The lowest BCUT2D eigenvalue weighted by molar-refractivity contribution is 0.533. The zero-order chi connectivity index (χ0) is 15.7. The van der Waals surface area contributed by atoms with E-state index in [2.05, 4.69) is 4.98 Å². The molecule has 1 aliphatic rings. The van der Waals surface area contributed by atoms with Crippen molar-refractivity contribution in [3.63, 3.8) is 0 Å². The van der Waals surface area contributed by atoms with Crippen molar-refractivity contribution in [1.82, 2.24) is 4.98 Å². The molecule has 3 rings (SSSR count). The van der Waals surface area contributed by atoms with Gasteiger partial charge < -0.3 is 4.55 Å². The lowest BCUT2D eigenvalue weighted by Gasteiger charge is -2.10. The first-order chi connectivity index (χ1) is 10.5. The predicted molar refractivity (Wildman–Crippen MR) is 86.5 cm³/mol. The summed E-state index contributed by atoms with van der Waals surface area (Å²) in [6, 6.07) is 4.82. The number of hydrogen-bond donors (Lipinski definition) is 0. The molecule has 1 atom stereocenters. The fourth-order valence-electron chi connectivity index (χ4n) is 2.83. The average Bonchev–Trinajstić information content (AvgIpc) is 3.09. The third-order valence-electron chi connectivity index (χ3n) is 3.82. The zero-order valence-corrected chi connectivity index (χ0v) is 13.7. The van der Waals surface area contributed by atoms with E-state index in [1.165, 1.54) is 11.6 Å². The number of nitrogens with zero attached hydrogens (tertiary/aromatic N) is 1. The van der Waals surface area contributed by atoms with Crippen LogP contribution in [-0.2, 0) is 16.8 Å². The minimum Gasteiger partial charge on any atom is -0.772 e. The quantitative estimate of drug-likeness (QED) is 0.791. The first-order valence-corrected chi connectivity index (χ1v) is 9.16. The second kappa shape index (κ2) is 6.40. The van der Waals surface area contributed by atoms with Crippen LogP contribution in [0.4, 0.5) is 4.39 Å². The van der Waals surface area contributed by atoms with Gasteiger partial charge in [-0.3, -0.25) is 4.21 Å². The van der Waals surface area contributed by atoms with Crippen molar-refractivity contribution < 1.29 is 13.2 Å². The minimum absolute atomic E-state index is 0.210. The van der Waals surface area contributed by atoms with Crippen LogP contribution >= 0.6 is 11.3 Å². The van der Waals surface area contributed by atoms with Crippen molar-refractivity contribution in [3.05, 3.63) is 51.2 Å². The van der Waals surface area contributed by atoms with E-state index in [1.54, 1.807) is 17.4 Å². The number of aromatic nitrogens is 1. The summed E-state index contributed by atoms with van der Waals surface area (Å²) in [5.74, 6) is -0.751. The van der Waals surface area contributed by atoms with Gasteiger partial charge in [0.05, 0.1) is 10.7 Å². The molecule has 1 aromatic carbocycles. The molecule has 0 fully saturated rings. The topological polar surface area (TPSA) is 53.0 Å². The second-order valence-corrected chi connectivity index (χ2v) is 7.28. The van der Waals surface area contributed by atoms with E-state index in [4.69, 9.17) is 0 Å². The molecule has 3 nitrogen and oxygen atoms in total. The fourth-order valence-corrected chi connectivity index (χ4v) is 3.94. The highest BCUT2D eigenvalue weighted by Crippen LogP contribution is 2.40. The first-order valence-electron chi connectivity index (χ1n) is 7.04. The molecule has 0 amide bonds. The van der Waals surface area contributed by atoms with Gasteiger partial charge >= 0.3 is 0 Å². The van der Waals surface area contributed by atoms with Gasteiger partial charge in [0.2, 0.25) is 0 Å². The van der Waals surface area contributed by atoms with Crippen molar-refractivity contribution in [1.29, 1.82) is 0 Å². The summed E-state index contributed by atoms with van der Waals surface area (Å²) in [5.41, 5.74) is 4.33. The van der Waals surface area contributed by atoms with Gasteiger partial charge in [-0.05, 0) is 54.5 Å². The molecule has 0 bridgehead atoms. The van der Waals surface area contributed by atoms with Crippen LogP contribution in [0.5, 0.6) is 0 Å². The Hall–Kier alpha value is -1.37. The third-order valence-corrected chi connectivity index (χ3v) is 5.14. The van der Waals surface area contributed by atoms with E-state index in [0.29, 0.717) is 0 Å².